The molecule has 0 bridgehead atoms. The predicted molar refractivity (Wildman–Crippen MR) is 186 cm³/mol. The number of carbonyl (C=O) groups excluding carboxylic acids is 8. The van der Waals surface area contributed by atoms with Gasteiger partial charge in [0.2, 0.25) is 47.3 Å². The molecule has 54 heavy (non-hydrogen) atoms. The van der Waals surface area contributed by atoms with Gasteiger partial charge in [0.25, 0.3) is 0 Å². The maximum absolute atomic E-state index is 13.5. The van der Waals surface area contributed by atoms with E-state index in [1.165, 1.54) is 6.92 Å². The number of carbonyl (C=O) groups is 9. The lowest BCUT2D eigenvalue weighted by molar-refractivity contribution is -0.144. The van der Waals surface area contributed by atoms with Crippen LogP contribution in [0.25, 0.3) is 0 Å². The van der Waals surface area contributed by atoms with E-state index in [1.807, 2.05) is 5.32 Å². The Morgan fingerprint density at radius 3 is 1.72 bits per heavy atom. The molecule has 8 amide bonds. The molecule has 1 saturated heterocycles. The molecule has 0 aromatic rings. The number of rotatable bonds is 25. The minimum absolute atomic E-state index is 0.0435. The molecule has 0 saturated carbocycles. The second-order valence-electron chi connectivity index (χ2n) is 12.8. The van der Waals surface area contributed by atoms with Crippen molar-refractivity contribution in [1.29, 1.82) is 0 Å². The first-order valence-corrected chi connectivity index (χ1v) is 17.3. The fourth-order valence-corrected chi connectivity index (χ4v) is 5.34. The van der Waals surface area contributed by atoms with Crippen molar-refractivity contribution < 1.29 is 63.6 Å². The zero-order valence-corrected chi connectivity index (χ0v) is 30.0. The summed E-state index contributed by atoms with van der Waals surface area (Å²) in [6, 6.07) is -10.4. The van der Waals surface area contributed by atoms with Crippen molar-refractivity contribution in [3.8, 4) is 0 Å². The van der Waals surface area contributed by atoms with Gasteiger partial charge in [-0.15, -0.1) is 0 Å². The molecule has 0 unspecified atom stereocenters. The number of primary amides is 2. The van der Waals surface area contributed by atoms with Crippen LogP contribution < -0.4 is 49.5 Å². The number of nitrogens with zero attached hydrogens (tertiary/aromatic N) is 1. The molecule has 0 spiro atoms. The van der Waals surface area contributed by atoms with Crippen LogP contribution in [0.15, 0.2) is 0 Å². The number of hydrogen-bond donors (Lipinski definition) is 13. The van der Waals surface area contributed by atoms with Crippen LogP contribution in [0.3, 0.4) is 0 Å². The molecule has 8 atom stereocenters. The number of aliphatic carboxylic acids is 1. The van der Waals surface area contributed by atoms with Gasteiger partial charge in [0, 0.05) is 19.4 Å². The maximum atomic E-state index is 13.5. The van der Waals surface area contributed by atoms with Gasteiger partial charge < -0.3 is 74.8 Å². The summed E-state index contributed by atoms with van der Waals surface area (Å²) in [5.74, 6) is -9.15. The Labute approximate surface area is 310 Å². The van der Waals surface area contributed by atoms with Crippen molar-refractivity contribution in [1.82, 2.24) is 31.5 Å². The van der Waals surface area contributed by atoms with Gasteiger partial charge in [-0.2, -0.15) is 0 Å². The lowest BCUT2D eigenvalue weighted by Crippen LogP contribution is -2.61. The predicted octanol–water partition coefficient (Wildman–Crippen LogP) is -7.16. The molecule has 306 valence electrons. The van der Waals surface area contributed by atoms with Crippen LogP contribution in [-0.4, -0.2) is 153 Å². The van der Waals surface area contributed by atoms with Gasteiger partial charge in [-0.3, -0.25) is 38.4 Å². The largest absolute Gasteiger partial charge is 0.480 e. The van der Waals surface area contributed by atoms with E-state index in [-0.39, 0.29) is 19.4 Å². The standard InChI is InChI=1S/C31H54N10O13/c1-15(44)24(40-25(47)16(33)5-2-3-11-32)30(52)41-12-4-6-21(41)29(51)39-20(14-43)27(49)36-17(7-9-22(34)45)26(48)38-19(13-42)28(50)37-18(31(53)54)8-10-23(35)46/h15-21,24,42-44H,2-14,32-33H2,1H3,(H2,34,45)(H2,35,46)(H,36,49)(H,37,50)(H,38,48)(H,39,51)(H,40,47)(H,53,54)/t15-,16+,17+,18+,19+,20+,21+,24+/m1/s1. The van der Waals surface area contributed by atoms with E-state index in [4.69, 9.17) is 22.9 Å². The molecule has 23 nitrogen and oxygen atoms in total. The number of carboxylic acid groups (broad SMARTS) is 1. The highest BCUT2D eigenvalue weighted by Crippen LogP contribution is 2.20. The van der Waals surface area contributed by atoms with Crippen molar-refractivity contribution in [2.24, 2.45) is 22.9 Å². The molecule has 1 rings (SSSR count). The van der Waals surface area contributed by atoms with Crippen molar-refractivity contribution in [3.63, 3.8) is 0 Å². The van der Waals surface area contributed by atoms with Gasteiger partial charge in [-0.05, 0) is 52.0 Å². The first kappa shape index (κ1) is 47.1. The SMILES string of the molecule is C[C@@H](O)[C@H](NC(=O)[C@@H](N)CCCCN)C(=O)N1CCC[C@H]1C(=O)N[C@@H](CO)C(=O)N[C@@H](CCC(N)=O)C(=O)N[C@@H](CO)C(=O)N[C@@H](CCC(N)=O)C(=O)O. The summed E-state index contributed by atoms with van der Waals surface area (Å²) in [5, 5.41) is 50.5. The lowest BCUT2D eigenvalue weighted by atomic mass is 10.1. The quantitative estimate of drug-likeness (QED) is 0.0383. The van der Waals surface area contributed by atoms with Crippen LogP contribution >= 0.6 is 0 Å². The molecule has 0 radical (unpaired) electrons. The van der Waals surface area contributed by atoms with E-state index in [1.54, 1.807) is 0 Å². The Morgan fingerprint density at radius 2 is 1.22 bits per heavy atom. The molecular formula is C31H54N10O13. The summed E-state index contributed by atoms with van der Waals surface area (Å²) < 4.78 is 0. The van der Waals surface area contributed by atoms with Gasteiger partial charge in [0.15, 0.2) is 0 Å². The van der Waals surface area contributed by atoms with Crippen LogP contribution in [0.5, 0.6) is 0 Å². The molecule has 1 aliphatic rings. The fraction of sp³-hybridized carbons (Fsp3) is 0.710. The van der Waals surface area contributed by atoms with E-state index >= 15 is 0 Å². The Hall–Kier alpha value is -4.97. The summed E-state index contributed by atoms with van der Waals surface area (Å²) >= 11 is 0. The van der Waals surface area contributed by atoms with Gasteiger partial charge in [-0.25, -0.2) is 4.79 Å². The Bertz CT molecular complexity index is 1350. The zero-order valence-electron chi connectivity index (χ0n) is 30.0. The van der Waals surface area contributed by atoms with Crippen LogP contribution in [0.4, 0.5) is 0 Å². The third-order valence-corrected chi connectivity index (χ3v) is 8.43. The molecule has 0 aromatic carbocycles. The first-order valence-electron chi connectivity index (χ1n) is 17.3. The number of carboxylic acids is 1. The third kappa shape index (κ3) is 15.6. The summed E-state index contributed by atoms with van der Waals surface area (Å²) in [5.41, 5.74) is 21.6. The minimum Gasteiger partial charge on any atom is -0.480 e. The van der Waals surface area contributed by atoms with Gasteiger partial charge in [0.1, 0.15) is 36.3 Å². The second-order valence-corrected chi connectivity index (χ2v) is 12.8. The average Bonchev–Trinajstić information content (AvgIpc) is 3.61. The number of amides is 8. The van der Waals surface area contributed by atoms with E-state index in [2.05, 4.69) is 21.3 Å². The highest BCUT2D eigenvalue weighted by molar-refractivity contribution is 5.97. The number of nitrogens with one attached hydrogen (secondary N) is 5. The molecule has 0 aromatic heterocycles. The van der Waals surface area contributed by atoms with Gasteiger partial charge in [-0.1, -0.05) is 6.42 Å². The van der Waals surface area contributed by atoms with E-state index in [0.717, 1.165) is 4.90 Å². The van der Waals surface area contributed by atoms with E-state index < -0.39 is 141 Å². The smallest absolute Gasteiger partial charge is 0.326 e. The fourth-order valence-electron chi connectivity index (χ4n) is 5.34. The van der Waals surface area contributed by atoms with Crippen molar-refractivity contribution >= 4 is 53.2 Å². The summed E-state index contributed by atoms with van der Waals surface area (Å²) in [6.07, 6.45) is -1.24. The topological polar surface area (TPSA) is 402 Å². The number of unbranched alkanes of at least 4 members (excludes halogenated alkanes) is 1. The number of likely N-dealkylation sites (tertiary alicyclic amines) is 1. The first-order chi connectivity index (χ1) is 25.4. The van der Waals surface area contributed by atoms with Gasteiger partial charge >= 0.3 is 5.97 Å². The Balaban J connectivity index is 3.07. The monoisotopic (exact) mass is 774 g/mol. The molecular weight excluding hydrogens is 720 g/mol. The number of aliphatic hydroxyl groups is 3. The molecule has 23 heteroatoms. The normalized spacial score (nSPS) is 17.7. The highest BCUT2D eigenvalue weighted by Gasteiger charge is 2.41. The molecule has 1 aliphatic heterocycles. The number of hydrogen-bond acceptors (Lipinski definition) is 14. The van der Waals surface area contributed by atoms with Crippen LogP contribution in [-0.2, 0) is 43.2 Å². The van der Waals surface area contributed by atoms with Crippen molar-refractivity contribution in [3.05, 3.63) is 0 Å². The van der Waals surface area contributed by atoms with Crippen LogP contribution in [0.2, 0.25) is 0 Å². The van der Waals surface area contributed by atoms with Crippen LogP contribution in [0.1, 0.15) is 64.7 Å². The summed E-state index contributed by atoms with van der Waals surface area (Å²) in [6.45, 7) is -0.359. The van der Waals surface area contributed by atoms with Gasteiger partial charge in [0.05, 0.1) is 25.4 Å². The molecule has 0 aliphatic carbocycles. The zero-order chi connectivity index (χ0) is 41.1. The molecule has 1 heterocycles. The number of nitrogens with two attached hydrogens (primary N) is 4. The maximum Gasteiger partial charge on any atom is 0.326 e. The highest BCUT2D eigenvalue weighted by atomic mass is 16.4. The lowest BCUT2D eigenvalue weighted by Gasteiger charge is -2.31. The average molecular weight is 775 g/mol. The second kappa shape index (κ2) is 23.6. The minimum atomic E-state index is -1.78. The van der Waals surface area contributed by atoms with E-state index in [0.29, 0.717) is 25.8 Å². The Morgan fingerprint density at radius 1 is 0.722 bits per heavy atom. The van der Waals surface area contributed by atoms with Crippen LogP contribution in [0, 0.1) is 0 Å². The van der Waals surface area contributed by atoms with E-state index in [9.17, 15) is 63.6 Å². The summed E-state index contributed by atoms with van der Waals surface area (Å²) in [7, 11) is 0. The molecule has 1 fully saturated rings. The third-order valence-electron chi connectivity index (χ3n) is 8.43. The summed E-state index contributed by atoms with van der Waals surface area (Å²) in [4.78, 5) is 114. The number of aliphatic hydroxyl groups excluding tert-OH is 3. The Kier molecular flexibility index (Phi) is 20.6. The molecule has 17 N–H and O–H groups in total. The van der Waals surface area contributed by atoms with Crippen molar-refractivity contribution in [2.45, 2.75) is 113 Å². The van der Waals surface area contributed by atoms with Crippen molar-refractivity contribution in [2.75, 3.05) is 26.3 Å².